The molecule has 1 aromatic carbocycles. The van der Waals surface area contributed by atoms with Crippen LogP contribution in [0.5, 0.6) is 0 Å². The van der Waals surface area contributed by atoms with Gasteiger partial charge in [-0.2, -0.15) is 0 Å². The first-order valence-corrected chi connectivity index (χ1v) is 6.92. The Balaban J connectivity index is 2.27. The van der Waals surface area contributed by atoms with Gasteiger partial charge in [0, 0.05) is 17.0 Å². The van der Waals surface area contributed by atoms with E-state index in [9.17, 15) is 4.39 Å². The third kappa shape index (κ3) is 3.39. The summed E-state index contributed by atoms with van der Waals surface area (Å²) in [6.07, 6.45) is 0.926. The fraction of sp³-hybridized carbons (Fsp3) is 0.375. The van der Waals surface area contributed by atoms with Crippen LogP contribution < -0.4 is 5.32 Å². The molecule has 0 bridgehead atoms. The highest BCUT2D eigenvalue weighted by atomic mass is 19.1. The van der Waals surface area contributed by atoms with Gasteiger partial charge in [0.25, 0.3) is 0 Å². The van der Waals surface area contributed by atoms with Crippen molar-refractivity contribution in [2.45, 2.75) is 27.2 Å². The van der Waals surface area contributed by atoms with Gasteiger partial charge in [0.05, 0.1) is 0 Å². The molecule has 20 heavy (non-hydrogen) atoms. The lowest BCUT2D eigenvalue weighted by Crippen LogP contribution is -2.17. The summed E-state index contributed by atoms with van der Waals surface area (Å²) >= 11 is 0. The fourth-order valence-electron chi connectivity index (χ4n) is 2.22. The Morgan fingerprint density at radius 1 is 1.05 bits per heavy atom. The molecule has 0 saturated heterocycles. The Morgan fingerprint density at radius 3 is 2.20 bits per heavy atom. The van der Waals surface area contributed by atoms with Gasteiger partial charge >= 0.3 is 0 Å². The Labute approximate surface area is 119 Å². The van der Waals surface area contributed by atoms with Crippen molar-refractivity contribution in [1.82, 2.24) is 15.3 Å². The maximum Gasteiger partial charge on any atom is 0.159 e. The minimum absolute atomic E-state index is 0.246. The van der Waals surface area contributed by atoms with Crippen molar-refractivity contribution in [2.24, 2.45) is 0 Å². The predicted octanol–water partition coefficient (Wildman–Crippen LogP) is 3.05. The van der Waals surface area contributed by atoms with Gasteiger partial charge in [-0.3, -0.25) is 0 Å². The van der Waals surface area contributed by atoms with Crippen molar-refractivity contribution in [3.63, 3.8) is 0 Å². The van der Waals surface area contributed by atoms with Gasteiger partial charge in [-0.05, 0) is 63.2 Å². The third-order valence-electron chi connectivity index (χ3n) is 3.32. The highest BCUT2D eigenvalue weighted by Gasteiger charge is 2.09. The molecule has 0 aliphatic rings. The second kappa shape index (κ2) is 6.57. The molecule has 0 saturated carbocycles. The van der Waals surface area contributed by atoms with Crippen LogP contribution in [0.3, 0.4) is 0 Å². The molecule has 0 spiro atoms. The average molecular weight is 273 g/mol. The molecule has 0 fully saturated rings. The number of halogens is 1. The molecule has 3 nitrogen and oxygen atoms in total. The smallest absolute Gasteiger partial charge is 0.159 e. The molecular weight excluding hydrogens is 253 g/mol. The first-order chi connectivity index (χ1) is 9.61. The maximum absolute atomic E-state index is 13.0. The molecule has 1 aromatic heterocycles. The second-order valence-electron chi connectivity index (χ2n) is 4.81. The quantitative estimate of drug-likeness (QED) is 0.851. The minimum Gasteiger partial charge on any atom is -0.317 e. The second-order valence-corrected chi connectivity index (χ2v) is 4.81. The van der Waals surface area contributed by atoms with Gasteiger partial charge in [-0.1, -0.05) is 6.92 Å². The maximum atomic E-state index is 13.0. The van der Waals surface area contributed by atoms with E-state index in [0.717, 1.165) is 36.5 Å². The molecule has 2 aromatic rings. The van der Waals surface area contributed by atoms with E-state index in [0.29, 0.717) is 5.82 Å². The molecule has 2 rings (SSSR count). The summed E-state index contributed by atoms with van der Waals surface area (Å²) in [4.78, 5) is 9.10. The van der Waals surface area contributed by atoms with Gasteiger partial charge in [0.1, 0.15) is 5.82 Å². The number of benzene rings is 1. The first-order valence-electron chi connectivity index (χ1n) is 6.92. The van der Waals surface area contributed by atoms with Crippen molar-refractivity contribution in [2.75, 3.05) is 13.1 Å². The normalized spacial score (nSPS) is 10.8. The predicted molar refractivity (Wildman–Crippen MR) is 79.1 cm³/mol. The Hall–Kier alpha value is -1.81. The highest BCUT2D eigenvalue weighted by molar-refractivity contribution is 5.55. The summed E-state index contributed by atoms with van der Waals surface area (Å²) in [5.41, 5.74) is 4.03. The Morgan fingerprint density at radius 2 is 1.65 bits per heavy atom. The SMILES string of the molecule is CCNCCc1c(C)nc(-c2ccc(F)cc2)nc1C. The number of nitrogens with one attached hydrogen (secondary N) is 1. The van der Waals surface area contributed by atoms with Gasteiger partial charge < -0.3 is 5.32 Å². The number of hydrogen-bond acceptors (Lipinski definition) is 3. The Kier molecular flexibility index (Phi) is 4.79. The zero-order valence-corrected chi connectivity index (χ0v) is 12.2. The molecule has 0 radical (unpaired) electrons. The standard InChI is InChI=1S/C16H20FN3/c1-4-18-10-9-15-11(2)19-16(20-12(15)3)13-5-7-14(17)8-6-13/h5-8,18H,4,9-10H2,1-3H3. The van der Waals surface area contributed by atoms with E-state index in [2.05, 4.69) is 22.2 Å². The lowest BCUT2D eigenvalue weighted by Gasteiger charge is -2.11. The molecule has 106 valence electrons. The van der Waals surface area contributed by atoms with Crippen LogP contribution >= 0.6 is 0 Å². The molecule has 1 N–H and O–H groups in total. The molecule has 0 aliphatic carbocycles. The topological polar surface area (TPSA) is 37.8 Å². The third-order valence-corrected chi connectivity index (χ3v) is 3.32. The van der Waals surface area contributed by atoms with Crippen LogP contribution in [0.4, 0.5) is 4.39 Å². The van der Waals surface area contributed by atoms with E-state index >= 15 is 0 Å². The van der Waals surface area contributed by atoms with Crippen LogP contribution in [0.2, 0.25) is 0 Å². The van der Waals surface area contributed by atoms with Gasteiger partial charge in [-0.25, -0.2) is 14.4 Å². The number of aryl methyl sites for hydroxylation is 2. The van der Waals surface area contributed by atoms with Crippen LogP contribution in [0.15, 0.2) is 24.3 Å². The fourth-order valence-corrected chi connectivity index (χ4v) is 2.22. The van der Waals surface area contributed by atoms with E-state index < -0.39 is 0 Å². The summed E-state index contributed by atoms with van der Waals surface area (Å²) in [6.45, 7) is 7.99. The monoisotopic (exact) mass is 273 g/mol. The molecular formula is C16H20FN3. The van der Waals surface area contributed by atoms with Crippen LogP contribution in [0.1, 0.15) is 23.9 Å². The zero-order valence-electron chi connectivity index (χ0n) is 12.2. The van der Waals surface area contributed by atoms with Crippen molar-refractivity contribution in [3.05, 3.63) is 47.0 Å². The van der Waals surface area contributed by atoms with Crippen molar-refractivity contribution in [3.8, 4) is 11.4 Å². The van der Waals surface area contributed by atoms with Crippen LogP contribution in [-0.4, -0.2) is 23.1 Å². The van der Waals surface area contributed by atoms with E-state index in [1.54, 1.807) is 12.1 Å². The molecule has 0 unspecified atom stereocenters. The van der Waals surface area contributed by atoms with Crippen LogP contribution in [0, 0.1) is 19.7 Å². The number of rotatable bonds is 5. The van der Waals surface area contributed by atoms with E-state index in [1.165, 1.54) is 17.7 Å². The Bertz CT molecular complexity index is 556. The summed E-state index contributed by atoms with van der Waals surface area (Å²) in [6, 6.07) is 6.29. The number of hydrogen-bond donors (Lipinski definition) is 1. The summed E-state index contributed by atoms with van der Waals surface area (Å²) in [5, 5.41) is 3.31. The molecule has 0 aliphatic heterocycles. The largest absolute Gasteiger partial charge is 0.317 e. The van der Waals surface area contributed by atoms with Crippen molar-refractivity contribution >= 4 is 0 Å². The molecule has 0 atom stereocenters. The van der Waals surface area contributed by atoms with Crippen LogP contribution in [-0.2, 0) is 6.42 Å². The highest BCUT2D eigenvalue weighted by Crippen LogP contribution is 2.19. The first kappa shape index (κ1) is 14.6. The van der Waals surface area contributed by atoms with E-state index in [1.807, 2.05) is 13.8 Å². The van der Waals surface area contributed by atoms with E-state index in [-0.39, 0.29) is 5.82 Å². The number of likely N-dealkylation sites (N-methyl/N-ethyl adjacent to an activating group) is 1. The van der Waals surface area contributed by atoms with Gasteiger partial charge in [0.15, 0.2) is 5.82 Å². The summed E-state index contributed by atoms with van der Waals surface area (Å²) < 4.78 is 13.0. The lowest BCUT2D eigenvalue weighted by atomic mass is 10.1. The van der Waals surface area contributed by atoms with Crippen LogP contribution in [0.25, 0.3) is 11.4 Å². The number of nitrogens with zero attached hydrogens (tertiary/aromatic N) is 2. The van der Waals surface area contributed by atoms with E-state index in [4.69, 9.17) is 0 Å². The molecule has 4 heteroatoms. The van der Waals surface area contributed by atoms with Gasteiger partial charge in [0.2, 0.25) is 0 Å². The van der Waals surface area contributed by atoms with Crippen molar-refractivity contribution < 1.29 is 4.39 Å². The summed E-state index contributed by atoms with van der Waals surface area (Å²) in [5.74, 6) is 0.414. The summed E-state index contributed by atoms with van der Waals surface area (Å²) in [7, 11) is 0. The van der Waals surface area contributed by atoms with Crippen molar-refractivity contribution in [1.29, 1.82) is 0 Å². The molecule has 0 amide bonds. The zero-order chi connectivity index (χ0) is 14.5. The van der Waals surface area contributed by atoms with Gasteiger partial charge in [-0.15, -0.1) is 0 Å². The number of aromatic nitrogens is 2. The molecule has 1 heterocycles. The average Bonchev–Trinajstić information content (AvgIpc) is 2.42. The minimum atomic E-state index is -0.246. The lowest BCUT2D eigenvalue weighted by molar-refractivity contribution is 0.628.